The van der Waals surface area contributed by atoms with Gasteiger partial charge in [0.2, 0.25) is 5.91 Å². The van der Waals surface area contributed by atoms with Crippen LogP contribution < -0.4 is 5.32 Å². The van der Waals surface area contributed by atoms with Crippen LogP contribution in [0, 0.1) is 5.92 Å². The monoisotopic (exact) mass is 267 g/mol. The molecule has 0 spiro atoms. The van der Waals surface area contributed by atoms with Crippen LogP contribution in [0.2, 0.25) is 0 Å². The maximum absolute atomic E-state index is 12.2. The average molecular weight is 267 g/mol. The summed E-state index contributed by atoms with van der Waals surface area (Å²) in [5.41, 5.74) is 0. The van der Waals surface area contributed by atoms with Crippen molar-refractivity contribution >= 4 is 5.91 Å². The normalized spacial score (nSPS) is 26.6. The maximum atomic E-state index is 12.2. The lowest BCUT2D eigenvalue weighted by Gasteiger charge is -2.36. The zero-order chi connectivity index (χ0) is 13.7. The highest BCUT2D eigenvalue weighted by molar-refractivity contribution is 5.78. The molecule has 1 N–H and O–H groups in total. The number of carbonyl (C=O) groups is 1. The van der Waals surface area contributed by atoms with Crippen molar-refractivity contribution in [1.82, 2.24) is 15.1 Å². The highest BCUT2D eigenvalue weighted by atomic mass is 16.2. The van der Waals surface area contributed by atoms with Gasteiger partial charge < -0.3 is 10.2 Å². The van der Waals surface area contributed by atoms with Gasteiger partial charge >= 0.3 is 0 Å². The van der Waals surface area contributed by atoms with E-state index >= 15 is 0 Å². The van der Waals surface area contributed by atoms with Gasteiger partial charge in [-0.1, -0.05) is 6.92 Å². The second-order valence-corrected chi connectivity index (χ2v) is 6.07. The number of hydrogen-bond donors (Lipinski definition) is 1. The molecule has 2 rings (SSSR count). The minimum Gasteiger partial charge on any atom is -0.342 e. The number of hydrogen-bond acceptors (Lipinski definition) is 3. The Morgan fingerprint density at radius 1 is 1.26 bits per heavy atom. The van der Waals surface area contributed by atoms with Crippen LogP contribution >= 0.6 is 0 Å². The van der Waals surface area contributed by atoms with Crippen LogP contribution in [0.25, 0.3) is 0 Å². The summed E-state index contributed by atoms with van der Waals surface area (Å²) in [6, 6.07) is 0.565. The lowest BCUT2D eigenvalue weighted by molar-refractivity contribution is -0.131. The first kappa shape index (κ1) is 14.8. The highest BCUT2D eigenvalue weighted by Crippen LogP contribution is 2.20. The molecule has 0 radical (unpaired) electrons. The van der Waals surface area contributed by atoms with E-state index in [1.807, 2.05) is 4.90 Å². The van der Waals surface area contributed by atoms with Crippen molar-refractivity contribution in [3.63, 3.8) is 0 Å². The van der Waals surface area contributed by atoms with Gasteiger partial charge in [0.1, 0.15) is 0 Å². The number of carbonyl (C=O) groups excluding carboxylic acids is 1. The highest BCUT2D eigenvalue weighted by Gasteiger charge is 2.27. The molecule has 2 aliphatic heterocycles. The van der Waals surface area contributed by atoms with E-state index in [1.54, 1.807) is 0 Å². The standard InChI is InChI=1S/C15H29N3O/c1-3-16-13(2)14-7-6-8-17(11-14)12-15(19)18-9-4-5-10-18/h13-14,16H,3-12H2,1-2H3. The van der Waals surface area contributed by atoms with Gasteiger partial charge in [-0.15, -0.1) is 0 Å². The van der Waals surface area contributed by atoms with E-state index in [0.29, 0.717) is 24.4 Å². The molecule has 4 nitrogen and oxygen atoms in total. The van der Waals surface area contributed by atoms with Crippen molar-refractivity contribution < 1.29 is 4.79 Å². The Balaban J connectivity index is 1.78. The van der Waals surface area contributed by atoms with Crippen LogP contribution in [0.3, 0.4) is 0 Å². The zero-order valence-electron chi connectivity index (χ0n) is 12.5. The van der Waals surface area contributed by atoms with E-state index in [1.165, 1.54) is 25.7 Å². The third-order valence-corrected chi connectivity index (χ3v) is 4.59. The molecule has 2 aliphatic rings. The smallest absolute Gasteiger partial charge is 0.236 e. The molecule has 0 aromatic heterocycles. The summed E-state index contributed by atoms with van der Waals surface area (Å²) in [5.74, 6) is 1.04. The molecule has 2 atom stereocenters. The average Bonchev–Trinajstić information content (AvgIpc) is 2.93. The minimum atomic E-state index is 0.342. The third kappa shape index (κ3) is 4.18. The van der Waals surface area contributed by atoms with Crippen molar-refractivity contribution in [2.24, 2.45) is 5.92 Å². The van der Waals surface area contributed by atoms with Crippen molar-refractivity contribution in [2.75, 3.05) is 39.3 Å². The van der Waals surface area contributed by atoms with Crippen molar-refractivity contribution in [2.45, 2.75) is 45.6 Å². The van der Waals surface area contributed by atoms with E-state index < -0.39 is 0 Å². The van der Waals surface area contributed by atoms with Crippen molar-refractivity contribution in [3.8, 4) is 0 Å². The van der Waals surface area contributed by atoms with E-state index in [4.69, 9.17) is 0 Å². The molecular formula is C15H29N3O. The van der Waals surface area contributed by atoms with Crippen LogP contribution in [0.15, 0.2) is 0 Å². The number of nitrogens with one attached hydrogen (secondary N) is 1. The Morgan fingerprint density at radius 3 is 2.68 bits per heavy atom. The molecule has 2 heterocycles. The fraction of sp³-hybridized carbons (Fsp3) is 0.933. The molecular weight excluding hydrogens is 238 g/mol. The quantitative estimate of drug-likeness (QED) is 0.816. The molecule has 0 aromatic carbocycles. The van der Waals surface area contributed by atoms with Gasteiger partial charge in [0, 0.05) is 25.7 Å². The Kier molecular flexibility index (Phi) is 5.64. The van der Waals surface area contributed by atoms with Gasteiger partial charge in [0.15, 0.2) is 0 Å². The summed E-state index contributed by atoms with van der Waals surface area (Å²) >= 11 is 0. The molecule has 2 saturated heterocycles. The summed E-state index contributed by atoms with van der Waals surface area (Å²) < 4.78 is 0. The summed E-state index contributed by atoms with van der Waals surface area (Å²) in [7, 11) is 0. The van der Waals surface area contributed by atoms with E-state index in [2.05, 4.69) is 24.1 Å². The molecule has 0 aromatic rings. The summed E-state index contributed by atoms with van der Waals surface area (Å²) in [6.07, 6.45) is 4.90. The van der Waals surface area contributed by atoms with Gasteiger partial charge in [-0.3, -0.25) is 9.69 Å². The molecule has 19 heavy (non-hydrogen) atoms. The van der Waals surface area contributed by atoms with Gasteiger partial charge in [0.25, 0.3) is 0 Å². The first-order valence-electron chi connectivity index (χ1n) is 7.94. The topological polar surface area (TPSA) is 35.6 Å². The number of piperidine rings is 1. The van der Waals surface area contributed by atoms with E-state index in [0.717, 1.165) is 32.7 Å². The van der Waals surface area contributed by atoms with Gasteiger partial charge in [-0.2, -0.15) is 0 Å². The molecule has 110 valence electrons. The first-order chi connectivity index (χ1) is 9.20. The van der Waals surface area contributed by atoms with Gasteiger partial charge in [-0.05, 0) is 51.6 Å². The molecule has 0 saturated carbocycles. The lowest BCUT2D eigenvalue weighted by atomic mass is 9.91. The molecule has 0 bridgehead atoms. The van der Waals surface area contributed by atoms with Crippen LogP contribution in [0.4, 0.5) is 0 Å². The predicted molar refractivity (Wildman–Crippen MR) is 78.1 cm³/mol. The number of likely N-dealkylation sites (tertiary alicyclic amines) is 2. The molecule has 4 heteroatoms. The molecule has 0 aliphatic carbocycles. The maximum Gasteiger partial charge on any atom is 0.236 e. The first-order valence-corrected chi connectivity index (χ1v) is 7.94. The fourth-order valence-corrected chi connectivity index (χ4v) is 3.39. The number of nitrogens with zero attached hydrogens (tertiary/aromatic N) is 2. The van der Waals surface area contributed by atoms with Crippen LogP contribution in [-0.4, -0.2) is 61.0 Å². The predicted octanol–water partition coefficient (Wildman–Crippen LogP) is 1.32. The largest absolute Gasteiger partial charge is 0.342 e. The van der Waals surface area contributed by atoms with Crippen LogP contribution in [-0.2, 0) is 4.79 Å². The van der Waals surface area contributed by atoms with Crippen molar-refractivity contribution in [3.05, 3.63) is 0 Å². The summed E-state index contributed by atoms with van der Waals surface area (Å²) in [4.78, 5) is 16.6. The Labute approximate surface area is 117 Å². The second-order valence-electron chi connectivity index (χ2n) is 6.07. The second kappa shape index (κ2) is 7.25. The SMILES string of the molecule is CCNC(C)C1CCCN(CC(=O)N2CCCC2)C1. The number of rotatable bonds is 5. The van der Waals surface area contributed by atoms with E-state index in [9.17, 15) is 4.79 Å². The summed E-state index contributed by atoms with van der Waals surface area (Å²) in [6.45, 7) is 10.2. The number of amides is 1. The van der Waals surface area contributed by atoms with Gasteiger partial charge in [0.05, 0.1) is 6.54 Å². The molecule has 1 amide bonds. The fourth-order valence-electron chi connectivity index (χ4n) is 3.39. The lowest BCUT2D eigenvalue weighted by Crippen LogP contribution is -2.47. The van der Waals surface area contributed by atoms with Gasteiger partial charge in [-0.25, -0.2) is 0 Å². The van der Waals surface area contributed by atoms with Crippen molar-refractivity contribution in [1.29, 1.82) is 0 Å². The minimum absolute atomic E-state index is 0.342. The summed E-state index contributed by atoms with van der Waals surface area (Å²) in [5, 5.41) is 3.52. The van der Waals surface area contributed by atoms with Crippen LogP contribution in [0.1, 0.15) is 39.5 Å². The molecule has 2 unspecified atom stereocenters. The Morgan fingerprint density at radius 2 is 2.00 bits per heavy atom. The molecule has 2 fully saturated rings. The third-order valence-electron chi connectivity index (χ3n) is 4.59. The zero-order valence-corrected chi connectivity index (χ0v) is 12.5. The Hall–Kier alpha value is -0.610. The Bertz CT molecular complexity index is 289. The van der Waals surface area contributed by atoms with E-state index in [-0.39, 0.29) is 0 Å². The van der Waals surface area contributed by atoms with Crippen LogP contribution in [0.5, 0.6) is 0 Å².